The number of esters is 1. The molecule has 0 aliphatic rings. The summed E-state index contributed by atoms with van der Waals surface area (Å²) in [6.45, 7) is 5.83. The highest BCUT2D eigenvalue weighted by molar-refractivity contribution is 7.17. The van der Waals surface area contributed by atoms with Gasteiger partial charge in [0.25, 0.3) is 5.91 Å². The fraction of sp³-hybridized carbons (Fsp3) is 0.250. The average Bonchev–Trinajstić information content (AvgIpc) is 3.08. The van der Waals surface area contributed by atoms with E-state index >= 15 is 0 Å². The second-order valence-corrected chi connectivity index (χ2v) is 8.52. The first-order valence-corrected chi connectivity index (χ1v) is 10.6. The maximum absolute atomic E-state index is 13.3. The van der Waals surface area contributed by atoms with E-state index in [1.165, 1.54) is 36.1 Å². The van der Waals surface area contributed by atoms with Crippen LogP contribution in [-0.4, -0.2) is 25.6 Å². The Bertz CT molecular complexity index is 1070. The van der Waals surface area contributed by atoms with Crippen molar-refractivity contribution in [2.24, 2.45) is 0 Å². The van der Waals surface area contributed by atoms with E-state index in [9.17, 15) is 14.0 Å². The van der Waals surface area contributed by atoms with Crippen molar-refractivity contribution in [3.8, 4) is 16.9 Å². The first-order chi connectivity index (χ1) is 14.8. The number of amides is 1. The first kappa shape index (κ1) is 22.5. The van der Waals surface area contributed by atoms with Crippen molar-refractivity contribution in [2.45, 2.75) is 26.7 Å². The van der Waals surface area contributed by atoms with Crippen LogP contribution in [-0.2, 0) is 9.53 Å². The third kappa shape index (κ3) is 5.30. The molecule has 0 atom stereocenters. The van der Waals surface area contributed by atoms with Gasteiger partial charge < -0.3 is 14.8 Å². The molecule has 0 spiro atoms. The molecule has 0 bridgehead atoms. The van der Waals surface area contributed by atoms with E-state index in [2.05, 4.69) is 19.2 Å². The third-order valence-electron chi connectivity index (χ3n) is 4.78. The summed E-state index contributed by atoms with van der Waals surface area (Å²) >= 11 is 1.26. The molecule has 0 saturated heterocycles. The van der Waals surface area contributed by atoms with E-state index < -0.39 is 11.9 Å². The summed E-state index contributed by atoms with van der Waals surface area (Å²) in [6.07, 6.45) is 0. The zero-order valence-corrected chi connectivity index (χ0v) is 18.6. The number of anilines is 1. The molecule has 3 rings (SSSR count). The van der Waals surface area contributed by atoms with Gasteiger partial charge >= 0.3 is 5.97 Å². The lowest BCUT2D eigenvalue weighted by Crippen LogP contribution is -2.21. The molecule has 162 valence electrons. The van der Waals surface area contributed by atoms with E-state index in [0.29, 0.717) is 27.8 Å². The molecule has 0 aliphatic heterocycles. The first-order valence-electron chi connectivity index (χ1n) is 9.80. The van der Waals surface area contributed by atoms with E-state index in [-0.39, 0.29) is 18.0 Å². The van der Waals surface area contributed by atoms with Crippen LogP contribution in [0.2, 0.25) is 0 Å². The Morgan fingerprint density at radius 3 is 2.29 bits per heavy atom. The van der Waals surface area contributed by atoms with Crippen LogP contribution < -0.4 is 10.1 Å². The van der Waals surface area contributed by atoms with Crippen LogP contribution in [0.1, 0.15) is 40.6 Å². The Balaban J connectivity index is 1.78. The van der Waals surface area contributed by atoms with Crippen LogP contribution in [0.25, 0.3) is 11.1 Å². The predicted octanol–water partition coefficient (Wildman–Crippen LogP) is 5.79. The summed E-state index contributed by atoms with van der Waals surface area (Å²) in [5, 5.41) is 3.12. The fourth-order valence-electron chi connectivity index (χ4n) is 3.15. The number of methoxy groups -OCH3 is 1. The normalized spacial score (nSPS) is 10.8. The minimum atomic E-state index is -0.579. The number of aryl methyl sites for hydroxylation is 1. The van der Waals surface area contributed by atoms with Crippen LogP contribution in [0.3, 0.4) is 0 Å². The smallest absolute Gasteiger partial charge is 0.341 e. The molecule has 3 aromatic rings. The van der Waals surface area contributed by atoms with Gasteiger partial charge in [-0.05, 0) is 48.2 Å². The third-order valence-corrected chi connectivity index (χ3v) is 5.80. The summed E-state index contributed by atoms with van der Waals surface area (Å²) in [6, 6.07) is 13.4. The number of carbonyl (C=O) groups excluding carboxylic acids is 2. The topological polar surface area (TPSA) is 64.6 Å². The number of halogens is 1. The predicted molar refractivity (Wildman–Crippen MR) is 120 cm³/mol. The summed E-state index contributed by atoms with van der Waals surface area (Å²) in [7, 11) is 1.28. The van der Waals surface area contributed by atoms with Crippen LogP contribution >= 0.6 is 11.3 Å². The summed E-state index contributed by atoms with van der Waals surface area (Å²) in [5.41, 5.74) is 2.70. The minimum absolute atomic E-state index is 0.204. The Labute approximate surface area is 184 Å². The number of nitrogens with one attached hydrogen (secondary N) is 1. The standard InChI is InChI=1S/C24H24FNO4S/c1-14(2)16-7-11-19(12-8-16)30-13-20(27)26-23-22(24(28)29-4)21(15(3)31-23)17-5-9-18(25)10-6-17/h5-12,14H,13H2,1-4H3,(H,26,27). The molecule has 0 fully saturated rings. The number of ether oxygens (including phenoxy) is 2. The van der Waals surface area contributed by atoms with Crippen molar-refractivity contribution in [3.63, 3.8) is 0 Å². The van der Waals surface area contributed by atoms with Crippen LogP contribution in [0.15, 0.2) is 48.5 Å². The highest BCUT2D eigenvalue weighted by Gasteiger charge is 2.25. The lowest BCUT2D eigenvalue weighted by atomic mass is 10.0. The highest BCUT2D eigenvalue weighted by atomic mass is 32.1. The van der Waals surface area contributed by atoms with E-state index in [1.54, 1.807) is 12.1 Å². The van der Waals surface area contributed by atoms with Crippen molar-refractivity contribution in [2.75, 3.05) is 19.0 Å². The van der Waals surface area contributed by atoms with Gasteiger partial charge in [-0.1, -0.05) is 38.1 Å². The molecule has 0 radical (unpaired) electrons. The SMILES string of the molecule is COC(=O)c1c(NC(=O)COc2ccc(C(C)C)cc2)sc(C)c1-c1ccc(F)cc1. The molecule has 31 heavy (non-hydrogen) atoms. The molecule has 0 saturated carbocycles. The Hall–Kier alpha value is -3.19. The largest absolute Gasteiger partial charge is 0.484 e. The molecule has 2 aromatic carbocycles. The average molecular weight is 442 g/mol. The summed E-state index contributed by atoms with van der Waals surface area (Å²) in [4.78, 5) is 25.8. The van der Waals surface area contributed by atoms with Crippen LogP contribution in [0, 0.1) is 12.7 Å². The minimum Gasteiger partial charge on any atom is -0.484 e. The van der Waals surface area contributed by atoms with Crippen molar-refractivity contribution in [3.05, 3.63) is 70.4 Å². The molecular formula is C24H24FNO4S. The van der Waals surface area contributed by atoms with Gasteiger partial charge in [-0.15, -0.1) is 11.3 Å². The lowest BCUT2D eigenvalue weighted by molar-refractivity contribution is -0.118. The molecule has 1 amide bonds. The van der Waals surface area contributed by atoms with Crippen LogP contribution in [0.5, 0.6) is 5.75 Å². The van der Waals surface area contributed by atoms with E-state index in [4.69, 9.17) is 9.47 Å². The zero-order chi connectivity index (χ0) is 22.5. The Morgan fingerprint density at radius 1 is 1.06 bits per heavy atom. The van der Waals surface area contributed by atoms with Gasteiger partial charge in [0.15, 0.2) is 6.61 Å². The van der Waals surface area contributed by atoms with E-state index in [1.807, 2.05) is 31.2 Å². The highest BCUT2D eigenvalue weighted by Crippen LogP contribution is 2.40. The van der Waals surface area contributed by atoms with Gasteiger partial charge in [0.1, 0.15) is 22.1 Å². The lowest BCUT2D eigenvalue weighted by Gasteiger charge is -2.10. The second-order valence-electron chi connectivity index (χ2n) is 7.30. The molecule has 0 unspecified atom stereocenters. The van der Waals surface area contributed by atoms with Gasteiger partial charge in [-0.25, -0.2) is 9.18 Å². The quantitative estimate of drug-likeness (QED) is 0.471. The van der Waals surface area contributed by atoms with Crippen molar-refractivity contribution in [1.29, 1.82) is 0 Å². The second kappa shape index (κ2) is 9.75. The van der Waals surface area contributed by atoms with Crippen molar-refractivity contribution >= 4 is 28.2 Å². The summed E-state index contributed by atoms with van der Waals surface area (Å²) < 4.78 is 23.8. The Morgan fingerprint density at radius 2 is 1.71 bits per heavy atom. The molecule has 1 aromatic heterocycles. The van der Waals surface area contributed by atoms with Gasteiger partial charge in [0.05, 0.1) is 7.11 Å². The number of thiophene rings is 1. The molecular weight excluding hydrogens is 417 g/mol. The molecule has 1 N–H and O–H groups in total. The van der Waals surface area contributed by atoms with Gasteiger partial charge in [0, 0.05) is 10.4 Å². The van der Waals surface area contributed by atoms with Crippen LogP contribution in [0.4, 0.5) is 9.39 Å². The van der Waals surface area contributed by atoms with Crippen molar-refractivity contribution in [1.82, 2.24) is 0 Å². The maximum atomic E-state index is 13.3. The van der Waals surface area contributed by atoms with Gasteiger partial charge in [0.2, 0.25) is 0 Å². The van der Waals surface area contributed by atoms with Crippen molar-refractivity contribution < 1.29 is 23.5 Å². The van der Waals surface area contributed by atoms with Gasteiger partial charge in [-0.3, -0.25) is 4.79 Å². The number of benzene rings is 2. The molecule has 1 heterocycles. The fourth-order valence-corrected chi connectivity index (χ4v) is 4.23. The number of hydrogen-bond acceptors (Lipinski definition) is 5. The maximum Gasteiger partial charge on any atom is 0.341 e. The number of rotatable bonds is 7. The zero-order valence-electron chi connectivity index (χ0n) is 17.8. The molecule has 0 aliphatic carbocycles. The monoisotopic (exact) mass is 441 g/mol. The Kier molecular flexibility index (Phi) is 7.07. The molecule has 7 heteroatoms. The van der Waals surface area contributed by atoms with E-state index in [0.717, 1.165) is 4.88 Å². The van der Waals surface area contributed by atoms with Gasteiger partial charge in [-0.2, -0.15) is 0 Å². The number of carbonyl (C=O) groups is 2. The number of hydrogen-bond donors (Lipinski definition) is 1. The summed E-state index contributed by atoms with van der Waals surface area (Å²) in [5.74, 6) is -0.355. The molecule has 5 nitrogen and oxygen atoms in total.